The number of rotatable bonds is 10. The molecule has 0 aliphatic carbocycles. The van der Waals surface area contributed by atoms with E-state index in [1.807, 2.05) is 0 Å². The van der Waals surface area contributed by atoms with E-state index in [0.29, 0.717) is 28.6 Å². The van der Waals surface area contributed by atoms with Gasteiger partial charge in [0, 0.05) is 17.3 Å². The Bertz CT molecular complexity index is 1880. The highest BCUT2D eigenvalue weighted by molar-refractivity contribution is 7.93. The van der Waals surface area contributed by atoms with Crippen LogP contribution in [0.3, 0.4) is 0 Å². The minimum Gasteiger partial charge on any atom is -0.445 e. The third-order valence-electron chi connectivity index (χ3n) is 6.34. The highest BCUT2D eigenvalue weighted by Gasteiger charge is 2.35. The van der Waals surface area contributed by atoms with Gasteiger partial charge in [-0.05, 0) is 55.5 Å². The van der Waals surface area contributed by atoms with E-state index < -0.39 is 60.0 Å². The van der Waals surface area contributed by atoms with Gasteiger partial charge in [-0.3, -0.25) is 9.10 Å². The number of carbonyl (C=O) groups excluding carboxylic acids is 1. The van der Waals surface area contributed by atoms with Gasteiger partial charge in [0.05, 0.1) is 32.8 Å². The Hall–Kier alpha value is -4.38. The number of halogens is 6. The molecule has 0 amide bonds. The van der Waals surface area contributed by atoms with Crippen molar-refractivity contribution in [3.63, 3.8) is 0 Å². The van der Waals surface area contributed by atoms with Gasteiger partial charge in [0.25, 0.3) is 26.5 Å². The van der Waals surface area contributed by atoms with Crippen LogP contribution < -0.4 is 8.61 Å². The maximum atomic E-state index is 13.6. The minimum atomic E-state index is -4.73. The molecular weight excluding hydrogens is 640 g/mol. The van der Waals surface area contributed by atoms with Crippen LogP contribution >= 0.6 is 0 Å². The summed E-state index contributed by atoms with van der Waals surface area (Å²) < 4.78 is 139. The highest BCUT2D eigenvalue weighted by atomic mass is 32.2. The fourth-order valence-corrected chi connectivity index (χ4v) is 7.04. The van der Waals surface area contributed by atoms with Crippen molar-refractivity contribution in [1.29, 1.82) is 0 Å². The van der Waals surface area contributed by atoms with Crippen molar-refractivity contribution >= 4 is 48.8 Å². The zero-order valence-electron chi connectivity index (χ0n) is 22.4. The molecule has 234 valence electrons. The van der Waals surface area contributed by atoms with Gasteiger partial charge in [-0.15, -0.1) is 0 Å². The molecule has 0 radical (unpaired) electrons. The van der Waals surface area contributed by atoms with E-state index in [4.69, 9.17) is 0 Å². The van der Waals surface area contributed by atoms with Crippen molar-refractivity contribution in [3.8, 4) is 0 Å². The molecule has 0 N–H and O–H groups in total. The van der Waals surface area contributed by atoms with E-state index in [9.17, 15) is 48.0 Å². The van der Waals surface area contributed by atoms with Crippen LogP contribution in [-0.4, -0.2) is 41.6 Å². The topological polar surface area (TPSA) is 114 Å². The summed E-state index contributed by atoms with van der Waals surface area (Å²) in [5, 5.41) is 0.171. The average molecular weight is 662 g/mol. The van der Waals surface area contributed by atoms with Crippen LogP contribution in [0.1, 0.15) is 18.1 Å². The lowest BCUT2D eigenvalue weighted by Crippen LogP contribution is -2.35. The molecular formula is C27H21F6N3O6S2. The summed E-state index contributed by atoms with van der Waals surface area (Å²) in [6.07, 6.45) is -8.41. The fraction of sp³-hybridized carbons (Fsp3) is 0.185. The monoisotopic (exact) mass is 661 g/mol. The van der Waals surface area contributed by atoms with Crippen LogP contribution in [0.5, 0.6) is 0 Å². The molecule has 9 nitrogen and oxygen atoms in total. The van der Waals surface area contributed by atoms with Crippen molar-refractivity contribution in [3.05, 3.63) is 90.1 Å². The van der Waals surface area contributed by atoms with Crippen LogP contribution in [0.4, 0.5) is 37.8 Å². The van der Waals surface area contributed by atoms with Crippen molar-refractivity contribution in [2.24, 2.45) is 0 Å². The summed E-state index contributed by atoms with van der Waals surface area (Å²) >= 11 is 0. The molecule has 0 fully saturated rings. The first kappa shape index (κ1) is 32.5. The predicted octanol–water partition coefficient (Wildman–Crippen LogP) is 5.81. The molecule has 0 saturated heterocycles. The Morgan fingerprint density at radius 3 is 1.61 bits per heavy atom. The van der Waals surface area contributed by atoms with Gasteiger partial charge in [0.15, 0.2) is 12.5 Å². The summed E-state index contributed by atoms with van der Waals surface area (Å²) in [6, 6.07) is 11.2. The summed E-state index contributed by atoms with van der Waals surface area (Å²) in [6.45, 7) is 0.256. The Labute approximate surface area is 247 Å². The van der Waals surface area contributed by atoms with E-state index in [1.54, 1.807) is 0 Å². The lowest BCUT2D eigenvalue weighted by atomic mass is 10.1. The number of sulfonamides is 2. The van der Waals surface area contributed by atoms with Crippen molar-refractivity contribution in [2.75, 3.05) is 21.9 Å². The summed E-state index contributed by atoms with van der Waals surface area (Å²) in [4.78, 5) is 14.1. The van der Waals surface area contributed by atoms with Crippen LogP contribution in [0.25, 0.3) is 10.8 Å². The maximum Gasteiger partial charge on any atom is 0.416 e. The van der Waals surface area contributed by atoms with E-state index in [1.165, 1.54) is 31.2 Å². The zero-order valence-corrected chi connectivity index (χ0v) is 24.0. The van der Waals surface area contributed by atoms with Gasteiger partial charge in [-0.1, -0.05) is 24.3 Å². The van der Waals surface area contributed by atoms with Crippen LogP contribution in [-0.2, 0) is 41.9 Å². The molecule has 4 rings (SSSR count). The molecule has 0 unspecified atom stereocenters. The number of alkyl halides is 6. The average Bonchev–Trinajstić information content (AvgIpc) is 2.97. The number of benzene rings is 3. The number of aromatic nitrogens is 1. The first-order valence-corrected chi connectivity index (χ1v) is 15.2. The van der Waals surface area contributed by atoms with E-state index in [0.717, 1.165) is 34.8 Å². The quantitative estimate of drug-likeness (QED) is 0.120. The van der Waals surface area contributed by atoms with Gasteiger partial charge in [0.2, 0.25) is 0 Å². The Kier molecular flexibility index (Phi) is 8.84. The Morgan fingerprint density at radius 2 is 1.18 bits per heavy atom. The second-order valence-electron chi connectivity index (χ2n) is 8.97. The molecule has 0 bridgehead atoms. The molecule has 44 heavy (non-hydrogen) atoms. The van der Waals surface area contributed by atoms with Crippen molar-refractivity contribution in [2.45, 2.75) is 29.1 Å². The number of nitrogens with zero attached hydrogens (tertiary/aromatic N) is 3. The molecule has 1 heterocycles. The maximum absolute atomic E-state index is 13.6. The molecule has 4 aromatic rings. The number of fused-ring (bicyclic) bond motifs is 1. The molecule has 0 atom stereocenters. The standard InChI is InChI=1S/C27H21F6N3O6S2/c1-2-35(43(38,39)20-11-7-18(8-12-20)26(28,29)30)24-15-34-25(23-6-4-3-5-22(23)24)36(16-42-17-37)44(40,41)21-13-9-19(10-14-21)27(31,32)33/h3-15,17H,2,16H2,1H3. The third kappa shape index (κ3) is 6.28. The zero-order chi connectivity index (χ0) is 32.5. The van der Waals surface area contributed by atoms with E-state index in [-0.39, 0.29) is 35.3 Å². The summed E-state index contributed by atoms with van der Waals surface area (Å²) in [5.41, 5.74) is -2.22. The molecule has 0 aliphatic heterocycles. The van der Waals surface area contributed by atoms with Gasteiger partial charge in [0.1, 0.15) is 0 Å². The first-order chi connectivity index (χ1) is 20.5. The molecule has 3 aromatic carbocycles. The normalized spacial score (nSPS) is 12.6. The molecule has 17 heteroatoms. The Balaban J connectivity index is 1.84. The van der Waals surface area contributed by atoms with Crippen LogP contribution in [0.2, 0.25) is 0 Å². The SMILES string of the molecule is CCN(c1cnc(N(COC=O)S(=O)(=O)c2ccc(C(F)(F)F)cc2)c2ccccc12)S(=O)(=O)c1ccc(C(F)(F)F)cc1. The number of hydrogen-bond donors (Lipinski definition) is 0. The van der Waals surface area contributed by atoms with E-state index in [2.05, 4.69) is 9.72 Å². The molecule has 0 spiro atoms. The lowest BCUT2D eigenvalue weighted by molar-refractivity contribution is -0.138. The number of ether oxygens (including phenoxy) is 1. The van der Waals surface area contributed by atoms with Gasteiger partial charge >= 0.3 is 12.4 Å². The van der Waals surface area contributed by atoms with Gasteiger partial charge in [-0.25, -0.2) is 26.1 Å². The summed E-state index contributed by atoms with van der Waals surface area (Å²) in [7, 11) is -9.17. The summed E-state index contributed by atoms with van der Waals surface area (Å²) in [5.74, 6) is -0.353. The fourth-order valence-electron chi connectivity index (χ4n) is 4.26. The van der Waals surface area contributed by atoms with Crippen molar-refractivity contribution in [1.82, 2.24) is 4.98 Å². The lowest BCUT2D eigenvalue weighted by Gasteiger charge is -2.27. The van der Waals surface area contributed by atoms with E-state index >= 15 is 0 Å². The predicted molar refractivity (Wildman–Crippen MR) is 147 cm³/mol. The second-order valence-corrected chi connectivity index (χ2v) is 12.7. The van der Waals surface area contributed by atoms with Crippen molar-refractivity contribution < 1.29 is 52.7 Å². The molecule has 0 saturated carbocycles. The second kappa shape index (κ2) is 12.0. The number of hydrogen-bond acceptors (Lipinski definition) is 7. The first-order valence-electron chi connectivity index (χ1n) is 12.4. The number of anilines is 2. The largest absolute Gasteiger partial charge is 0.445 e. The molecule has 1 aromatic heterocycles. The van der Waals surface area contributed by atoms with Crippen LogP contribution in [0, 0.1) is 0 Å². The van der Waals surface area contributed by atoms with Gasteiger partial charge < -0.3 is 4.74 Å². The smallest absolute Gasteiger partial charge is 0.416 e. The molecule has 0 aliphatic rings. The highest BCUT2D eigenvalue weighted by Crippen LogP contribution is 2.38. The van der Waals surface area contributed by atoms with Gasteiger partial charge in [-0.2, -0.15) is 26.3 Å². The number of pyridine rings is 1. The minimum absolute atomic E-state index is 0.0380. The number of carbonyl (C=O) groups is 1. The Morgan fingerprint density at radius 1 is 0.727 bits per heavy atom. The van der Waals surface area contributed by atoms with Crippen LogP contribution in [0.15, 0.2) is 88.8 Å². The third-order valence-corrected chi connectivity index (χ3v) is 9.97.